The van der Waals surface area contributed by atoms with Crippen LogP contribution in [-0.2, 0) is 11.8 Å². The predicted octanol–water partition coefficient (Wildman–Crippen LogP) is 1.91. The third kappa shape index (κ3) is 1.93. The van der Waals surface area contributed by atoms with E-state index >= 15 is 0 Å². The molecular formula is C15H12N2O3. The van der Waals surface area contributed by atoms with Crippen molar-refractivity contribution < 1.29 is 14.3 Å². The van der Waals surface area contributed by atoms with Crippen LogP contribution in [0.2, 0.25) is 0 Å². The SMILES string of the molecule is Cc1nn(C)cc1C=C1C(=O)Oc2ccccc2C1=O. The Morgan fingerprint density at radius 1 is 1.25 bits per heavy atom. The summed E-state index contributed by atoms with van der Waals surface area (Å²) in [5.41, 5.74) is 1.91. The monoisotopic (exact) mass is 268 g/mol. The number of hydrogen-bond donors (Lipinski definition) is 0. The Hall–Kier alpha value is -2.69. The van der Waals surface area contributed by atoms with Gasteiger partial charge >= 0.3 is 5.97 Å². The van der Waals surface area contributed by atoms with Gasteiger partial charge in [0.25, 0.3) is 0 Å². The number of ketones is 1. The smallest absolute Gasteiger partial charge is 0.347 e. The highest BCUT2D eigenvalue weighted by Gasteiger charge is 2.30. The number of hydrogen-bond acceptors (Lipinski definition) is 4. The molecule has 0 saturated heterocycles. The molecule has 5 nitrogen and oxygen atoms in total. The Bertz CT molecular complexity index is 756. The van der Waals surface area contributed by atoms with Crippen molar-refractivity contribution >= 4 is 17.8 Å². The molecule has 100 valence electrons. The number of ether oxygens (including phenoxy) is 1. The van der Waals surface area contributed by atoms with Crippen LogP contribution in [0, 0.1) is 6.92 Å². The number of esters is 1. The van der Waals surface area contributed by atoms with Gasteiger partial charge in [-0.1, -0.05) is 12.1 Å². The maximum Gasteiger partial charge on any atom is 0.347 e. The maximum atomic E-state index is 12.4. The fraction of sp³-hybridized carbons (Fsp3) is 0.133. The minimum atomic E-state index is -0.628. The summed E-state index contributed by atoms with van der Waals surface area (Å²) in [6, 6.07) is 6.72. The lowest BCUT2D eigenvalue weighted by molar-refractivity contribution is -0.130. The molecule has 1 aliphatic rings. The molecule has 0 unspecified atom stereocenters. The summed E-state index contributed by atoms with van der Waals surface area (Å²) < 4.78 is 6.81. The van der Waals surface area contributed by atoms with E-state index in [4.69, 9.17) is 4.74 Å². The summed E-state index contributed by atoms with van der Waals surface area (Å²) in [4.78, 5) is 24.3. The molecule has 5 heteroatoms. The average Bonchev–Trinajstić information content (AvgIpc) is 2.73. The number of aromatic nitrogens is 2. The second-order valence-corrected chi connectivity index (χ2v) is 4.62. The van der Waals surface area contributed by atoms with E-state index in [-0.39, 0.29) is 11.4 Å². The molecule has 20 heavy (non-hydrogen) atoms. The van der Waals surface area contributed by atoms with Crippen LogP contribution in [0.4, 0.5) is 0 Å². The quantitative estimate of drug-likeness (QED) is 0.343. The Labute approximate surface area is 115 Å². The predicted molar refractivity (Wildman–Crippen MR) is 72.3 cm³/mol. The first-order valence-electron chi connectivity index (χ1n) is 6.14. The molecule has 0 saturated carbocycles. The van der Waals surface area contributed by atoms with E-state index in [0.29, 0.717) is 11.3 Å². The maximum absolute atomic E-state index is 12.4. The summed E-state index contributed by atoms with van der Waals surface area (Å²) in [6.07, 6.45) is 3.28. The Morgan fingerprint density at radius 2 is 2.00 bits per heavy atom. The number of para-hydroxylation sites is 1. The van der Waals surface area contributed by atoms with Crippen molar-refractivity contribution in [3.05, 3.63) is 52.9 Å². The Balaban J connectivity index is 2.09. The number of aryl methyl sites for hydroxylation is 2. The highest BCUT2D eigenvalue weighted by atomic mass is 16.5. The van der Waals surface area contributed by atoms with Gasteiger partial charge in [-0.15, -0.1) is 0 Å². The van der Waals surface area contributed by atoms with E-state index in [1.807, 2.05) is 6.92 Å². The lowest BCUT2D eigenvalue weighted by Crippen LogP contribution is -2.24. The molecule has 0 atom stereocenters. The van der Waals surface area contributed by atoms with Crippen LogP contribution in [0.1, 0.15) is 21.6 Å². The van der Waals surface area contributed by atoms with Gasteiger partial charge in [-0.05, 0) is 25.1 Å². The van der Waals surface area contributed by atoms with Gasteiger partial charge in [-0.2, -0.15) is 5.10 Å². The summed E-state index contributed by atoms with van der Waals surface area (Å²) in [5.74, 6) is -0.639. The highest BCUT2D eigenvalue weighted by Crippen LogP contribution is 2.28. The molecular weight excluding hydrogens is 256 g/mol. The molecule has 2 aromatic rings. The molecule has 0 radical (unpaired) electrons. The molecule has 0 fully saturated rings. The molecule has 0 spiro atoms. The minimum absolute atomic E-state index is 0.0276. The number of fused-ring (bicyclic) bond motifs is 1. The lowest BCUT2D eigenvalue weighted by atomic mass is 9.98. The number of nitrogens with zero attached hydrogens (tertiary/aromatic N) is 2. The van der Waals surface area contributed by atoms with Crippen LogP contribution in [-0.4, -0.2) is 21.5 Å². The van der Waals surface area contributed by atoms with Crippen molar-refractivity contribution in [3.63, 3.8) is 0 Å². The lowest BCUT2D eigenvalue weighted by Gasteiger charge is -2.16. The number of benzene rings is 1. The van der Waals surface area contributed by atoms with E-state index in [0.717, 1.165) is 11.3 Å². The number of carbonyl (C=O) groups excluding carboxylic acids is 2. The van der Waals surface area contributed by atoms with E-state index in [1.54, 1.807) is 42.2 Å². The van der Waals surface area contributed by atoms with Crippen molar-refractivity contribution in [1.29, 1.82) is 0 Å². The van der Waals surface area contributed by atoms with Crippen LogP contribution in [0.25, 0.3) is 6.08 Å². The van der Waals surface area contributed by atoms with Gasteiger partial charge in [-0.25, -0.2) is 4.79 Å². The topological polar surface area (TPSA) is 61.2 Å². The number of Topliss-reactive ketones (excluding diaryl/α,β-unsaturated/α-hetero) is 1. The van der Waals surface area contributed by atoms with Crippen LogP contribution < -0.4 is 4.74 Å². The zero-order valence-corrected chi connectivity index (χ0v) is 11.1. The fourth-order valence-electron chi connectivity index (χ4n) is 2.18. The zero-order chi connectivity index (χ0) is 14.3. The first-order chi connectivity index (χ1) is 9.56. The Morgan fingerprint density at radius 3 is 2.70 bits per heavy atom. The van der Waals surface area contributed by atoms with Crippen LogP contribution in [0.15, 0.2) is 36.0 Å². The van der Waals surface area contributed by atoms with Crippen molar-refractivity contribution in [1.82, 2.24) is 9.78 Å². The summed E-state index contributed by atoms with van der Waals surface area (Å²) in [7, 11) is 1.78. The number of carbonyl (C=O) groups is 2. The summed E-state index contributed by atoms with van der Waals surface area (Å²) >= 11 is 0. The van der Waals surface area contributed by atoms with E-state index in [1.165, 1.54) is 6.08 Å². The van der Waals surface area contributed by atoms with Gasteiger partial charge in [0.05, 0.1) is 11.3 Å². The van der Waals surface area contributed by atoms with Gasteiger partial charge in [-0.3, -0.25) is 9.48 Å². The van der Waals surface area contributed by atoms with Crippen molar-refractivity contribution in [2.45, 2.75) is 6.92 Å². The van der Waals surface area contributed by atoms with E-state index in [2.05, 4.69) is 5.10 Å². The molecule has 1 aromatic carbocycles. The van der Waals surface area contributed by atoms with Crippen LogP contribution in [0.3, 0.4) is 0 Å². The highest BCUT2D eigenvalue weighted by molar-refractivity contribution is 6.30. The standard InChI is InChI=1S/C15H12N2O3/c1-9-10(8-17(2)16-9)7-12-14(18)11-5-3-4-6-13(11)20-15(12)19/h3-8H,1-2H3. The largest absolute Gasteiger partial charge is 0.422 e. The third-order valence-corrected chi connectivity index (χ3v) is 3.15. The molecule has 1 aliphatic heterocycles. The fourth-order valence-corrected chi connectivity index (χ4v) is 2.18. The van der Waals surface area contributed by atoms with E-state index < -0.39 is 5.97 Å². The zero-order valence-electron chi connectivity index (χ0n) is 11.1. The molecule has 0 N–H and O–H groups in total. The van der Waals surface area contributed by atoms with Gasteiger partial charge < -0.3 is 4.74 Å². The second kappa shape index (κ2) is 4.45. The van der Waals surface area contributed by atoms with Crippen LogP contribution in [0.5, 0.6) is 5.75 Å². The van der Waals surface area contributed by atoms with Gasteiger partial charge in [0.15, 0.2) is 0 Å². The molecule has 0 amide bonds. The third-order valence-electron chi connectivity index (χ3n) is 3.15. The summed E-state index contributed by atoms with van der Waals surface area (Å²) in [6.45, 7) is 1.82. The first kappa shape index (κ1) is 12.3. The van der Waals surface area contributed by atoms with Crippen molar-refractivity contribution in [2.75, 3.05) is 0 Å². The molecule has 0 bridgehead atoms. The number of rotatable bonds is 1. The van der Waals surface area contributed by atoms with Gasteiger partial charge in [0.1, 0.15) is 11.3 Å². The van der Waals surface area contributed by atoms with E-state index in [9.17, 15) is 9.59 Å². The van der Waals surface area contributed by atoms with Crippen molar-refractivity contribution in [3.8, 4) is 5.75 Å². The second-order valence-electron chi connectivity index (χ2n) is 4.62. The molecule has 1 aromatic heterocycles. The minimum Gasteiger partial charge on any atom is -0.422 e. The first-order valence-corrected chi connectivity index (χ1v) is 6.14. The van der Waals surface area contributed by atoms with Crippen LogP contribution >= 0.6 is 0 Å². The molecule has 3 rings (SSSR count). The van der Waals surface area contributed by atoms with Crippen molar-refractivity contribution in [2.24, 2.45) is 7.05 Å². The van der Waals surface area contributed by atoms with Gasteiger partial charge in [0, 0.05) is 18.8 Å². The average molecular weight is 268 g/mol. The normalized spacial score (nSPS) is 16.2. The molecule has 0 aliphatic carbocycles. The molecule has 2 heterocycles. The van der Waals surface area contributed by atoms with Gasteiger partial charge in [0.2, 0.25) is 5.78 Å². The summed E-state index contributed by atoms with van der Waals surface area (Å²) in [5, 5.41) is 4.18. The Kier molecular flexibility index (Phi) is 2.75.